The Labute approximate surface area is 178 Å². The molecule has 0 aromatic rings. The minimum absolute atomic E-state index is 0.0722. The van der Waals surface area contributed by atoms with Crippen molar-refractivity contribution in [2.24, 2.45) is 0 Å². The number of hydrogen-bond donors (Lipinski definition) is 0. The van der Waals surface area contributed by atoms with Gasteiger partial charge in [-0.25, -0.2) is 0 Å². The van der Waals surface area contributed by atoms with Crippen molar-refractivity contribution in [1.82, 2.24) is 0 Å². The summed E-state index contributed by atoms with van der Waals surface area (Å²) >= 11 is 0. The van der Waals surface area contributed by atoms with Crippen molar-refractivity contribution < 1.29 is 17.7 Å². The summed E-state index contributed by atoms with van der Waals surface area (Å²) in [5, 5.41) is 0. The highest BCUT2D eigenvalue weighted by molar-refractivity contribution is 6.48. The summed E-state index contributed by atoms with van der Waals surface area (Å²) in [7, 11) is -3.34. The van der Waals surface area contributed by atoms with Crippen LogP contribution < -0.4 is 0 Å². The Hall–Kier alpha value is 0.274. The lowest BCUT2D eigenvalue weighted by Gasteiger charge is -2.39. The first-order valence-electron chi connectivity index (χ1n) is 11.8. The van der Waals surface area contributed by atoms with Gasteiger partial charge in [0.15, 0.2) is 0 Å². The van der Waals surface area contributed by atoms with Gasteiger partial charge in [0.1, 0.15) is 0 Å². The first-order chi connectivity index (χ1) is 13.2. The molecule has 168 valence electrons. The predicted octanol–water partition coefficient (Wildman–Crippen LogP) is 6.01. The molecule has 0 amide bonds. The second-order valence-corrected chi connectivity index (χ2v) is 14.1. The molecule has 6 heteroatoms. The van der Waals surface area contributed by atoms with E-state index in [4.69, 9.17) is 17.7 Å². The zero-order valence-corrected chi connectivity index (χ0v) is 22.3. The van der Waals surface area contributed by atoms with E-state index in [-0.39, 0.29) is 11.2 Å². The fourth-order valence-corrected chi connectivity index (χ4v) is 8.94. The highest BCUT2D eigenvalue weighted by Gasteiger charge is 2.39. The van der Waals surface area contributed by atoms with Crippen LogP contribution in [0, 0.1) is 0 Å². The topological polar surface area (TPSA) is 36.9 Å². The summed E-state index contributed by atoms with van der Waals surface area (Å²) in [6.45, 7) is 19.3. The van der Waals surface area contributed by atoms with E-state index in [0.29, 0.717) is 11.1 Å². The first-order valence-corrected chi connectivity index (χ1v) is 15.0. The van der Waals surface area contributed by atoms with Crippen molar-refractivity contribution in [3.63, 3.8) is 0 Å². The second kappa shape index (κ2) is 12.9. The Morgan fingerprint density at radius 3 is 1.21 bits per heavy atom. The van der Waals surface area contributed by atoms with E-state index >= 15 is 0 Å². The second-order valence-electron chi connectivity index (χ2n) is 9.62. The molecule has 1 rings (SSSR count). The monoisotopic (exact) mass is 432 g/mol. The molecule has 28 heavy (non-hydrogen) atoms. The van der Waals surface area contributed by atoms with Gasteiger partial charge in [-0.15, -0.1) is 0 Å². The van der Waals surface area contributed by atoms with E-state index in [1.165, 1.54) is 25.7 Å². The third kappa shape index (κ3) is 9.39. The molecule has 2 atom stereocenters. The maximum atomic E-state index is 6.55. The predicted molar refractivity (Wildman–Crippen MR) is 124 cm³/mol. The van der Waals surface area contributed by atoms with Crippen LogP contribution in [-0.4, -0.2) is 43.0 Å². The molecule has 1 fully saturated rings. The fourth-order valence-electron chi connectivity index (χ4n) is 3.49. The zero-order valence-electron chi connectivity index (χ0n) is 20.0. The van der Waals surface area contributed by atoms with Gasteiger partial charge in [-0.1, -0.05) is 27.7 Å². The Bertz CT molecular complexity index is 371. The van der Waals surface area contributed by atoms with Gasteiger partial charge in [0, 0.05) is 13.2 Å². The van der Waals surface area contributed by atoms with Crippen LogP contribution in [0.1, 0.15) is 107 Å². The van der Waals surface area contributed by atoms with Crippen LogP contribution in [0.25, 0.3) is 0 Å². The maximum absolute atomic E-state index is 6.55. The minimum atomic E-state index is -1.67. The molecule has 0 heterocycles. The smallest absolute Gasteiger partial charge is 0.325 e. The average molecular weight is 433 g/mol. The highest BCUT2D eigenvalue weighted by atomic mass is 28.3. The van der Waals surface area contributed by atoms with Crippen molar-refractivity contribution in [3.8, 4) is 0 Å². The molecule has 0 radical (unpaired) electrons. The normalized spacial score (nSPS) is 23.6. The fraction of sp³-hybridized carbons (Fsp3) is 1.00. The van der Waals surface area contributed by atoms with Gasteiger partial charge in [0.25, 0.3) is 0 Å². The molecule has 0 aliphatic heterocycles. The van der Waals surface area contributed by atoms with E-state index in [2.05, 4.69) is 55.4 Å². The standard InChI is InChI=1S/C22H48O4Si2/c1-9-17-23-27(25-21(5,6)11-3)19-13-15-20(16-14-19)28(24-18-10-2)26-22(7,8)12-4/h19-20,27-28H,9-18H2,1-8H3. The molecule has 0 aromatic carbocycles. The lowest BCUT2D eigenvalue weighted by molar-refractivity contribution is 0.0493. The molecule has 0 bridgehead atoms. The van der Waals surface area contributed by atoms with Gasteiger partial charge < -0.3 is 17.7 Å². The molecule has 1 saturated carbocycles. The molecule has 0 spiro atoms. The van der Waals surface area contributed by atoms with E-state index in [1.54, 1.807) is 0 Å². The summed E-state index contributed by atoms with van der Waals surface area (Å²) < 4.78 is 25.7. The molecule has 0 aromatic heterocycles. The van der Waals surface area contributed by atoms with Gasteiger partial charge in [-0.05, 0) is 90.1 Å². The van der Waals surface area contributed by atoms with Crippen LogP contribution in [0.4, 0.5) is 0 Å². The largest absolute Gasteiger partial charge is 0.396 e. The quantitative estimate of drug-likeness (QED) is 0.315. The van der Waals surface area contributed by atoms with Gasteiger partial charge >= 0.3 is 18.6 Å². The minimum Gasteiger partial charge on any atom is -0.396 e. The van der Waals surface area contributed by atoms with Crippen LogP contribution >= 0.6 is 0 Å². The molecule has 0 N–H and O–H groups in total. The Kier molecular flexibility index (Phi) is 12.1. The Morgan fingerprint density at radius 1 is 0.643 bits per heavy atom. The van der Waals surface area contributed by atoms with Crippen molar-refractivity contribution in [2.75, 3.05) is 13.2 Å². The molecule has 4 nitrogen and oxygen atoms in total. The van der Waals surface area contributed by atoms with Crippen molar-refractivity contribution in [2.45, 2.75) is 129 Å². The summed E-state index contributed by atoms with van der Waals surface area (Å²) in [6, 6.07) is 0. The molecule has 2 unspecified atom stereocenters. The third-order valence-corrected chi connectivity index (χ3v) is 11.9. The maximum Gasteiger partial charge on any atom is 0.325 e. The van der Waals surface area contributed by atoms with Crippen LogP contribution in [0.15, 0.2) is 0 Å². The van der Waals surface area contributed by atoms with Crippen LogP contribution in [-0.2, 0) is 17.7 Å². The summed E-state index contributed by atoms with van der Waals surface area (Å²) in [6.07, 6.45) is 9.02. The van der Waals surface area contributed by atoms with Gasteiger partial charge in [-0.3, -0.25) is 0 Å². The van der Waals surface area contributed by atoms with E-state index in [9.17, 15) is 0 Å². The number of rotatable bonds is 14. The van der Waals surface area contributed by atoms with Crippen molar-refractivity contribution in [3.05, 3.63) is 0 Å². The van der Waals surface area contributed by atoms with Crippen LogP contribution in [0.2, 0.25) is 11.1 Å². The molecular formula is C22H48O4Si2. The van der Waals surface area contributed by atoms with Gasteiger partial charge in [-0.2, -0.15) is 0 Å². The third-order valence-electron chi connectivity index (χ3n) is 6.13. The summed E-state index contributed by atoms with van der Waals surface area (Å²) in [5.74, 6) is 0. The molecule has 0 saturated heterocycles. The summed E-state index contributed by atoms with van der Waals surface area (Å²) in [5.41, 5.74) is 1.09. The van der Waals surface area contributed by atoms with Gasteiger partial charge in [0.2, 0.25) is 0 Å². The highest BCUT2D eigenvalue weighted by Crippen LogP contribution is 2.42. The molecule has 1 aliphatic rings. The SMILES string of the molecule is CCCO[SiH](OC(C)(C)CC)C1CCC([SiH](OCCC)OC(C)(C)CC)CC1. The number of hydrogen-bond acceptors (Lipinski definition) is 4. The lowest BCUT2D eigenvalue weighted by Crippen LogP contribution is -2.42. The summed E-state index contributed by atoms with van der Waals surface area (Å²) in [4.78, 5) is 0. The Morgan fingerprint density at radius 2 is 0.964 bits per heavy atom. The van der Waals surface area contributed by atoms with E-state index in [1.807, 2.05) is 0 Å². The van der Waals surface area contributed by atoms with E-state index in [0.717, 1.165) is 38.9 Å². The van der Waals surface area contributed by atoms with E-state index < -0.39 is 18.6 Å². The first kappa shape index (κ1) is 26.3. The van der Waals surface area contributed by atoms with Crippen molar-refractivity contribution >= 4 is 18.6 Å². The molecular weight excluding hydrogens is 384 g/mol. The Balaban J connectivity index is 2.71. The van der Waals surface area contributed by atoms with Crippen LogP contribution in [0.3, 0.4) is 0 Å². The van der Waals surface area contributed by atoms with Gasteiger partial charge in [0.05, 0.1) is 11.2 Å². The average Bonchev–Trinajstić information content (AvgIpc) is 2.68. The zero-order chi connectivity index (χ0) is 21.2. The molecule has 1 aliphatic carbocycles. The van der Waals surface area contributed by atoms with Crippen LogP contribution in [0.5, 0.6) is 0 Å². The van der Waals surface area contributed by atoms with Crippen molar-refractivity contribution in [1.29, 1.82) is 0 Å². The lowest BCUT2D eigenvalue weighted by atomic mass is 9.99.